The molecule has 0 saturated heterocycles. The van der Waals surface area contributed by atoms with E-state index in [0.717, 1.165) is 30.4 Å². The molecule has 1 unspecified atom stereocenters. The normalized spacial score (nSPS) is 26.0. The Morgan fingerprint density at radius 1 is 0.958 bits per heavy atom. The molecule has 2 aliphatic carbocycles. The van der Waals surface area contributed by atoms with Gasteiger partial charge in [-0.1, -0.05) is 30.3 Å². The number of rotatable bonds is 2. The van der Waals surface area contributed by atoms with Crippen LogP contribution in [0.25, 0.3) is 11.1 Å². The van der Waals surface area contributed by atoms with Crippen molar-refractivity contribution >= 4 is 11.6 Å². The van der Waals surface area contributed by atoms with Crippen molar-refractivity contribution in [1.29, 1.82) is 0 Å². The number of ketones is 2. The zero-order valence-electron chi connectivity index (χ0n) is 13.6. The van der Waals surface area contributed by atoms with E-state index in [0.29, 0.717) is 11.1 Å². The number of benzene rings is 2. The topological polar surface area (TPSA) is 34.1 Å². The number of Topliss-reactive ketones (excluding diaryl/α,β-unsaturated/α-hetero) is 2. The quantitative estimate of drug-likeness (QED) is 0.765. The molecular weight excluding hydrogens is 303 g/mol. The van der Waals surface area contributed by atoms with Crippen molar-refractivity contribution in [2.45, 2.75) is 32.1 Å². The Balaban J connectivity index is 1.81. The lowest BCUT2D eigenvalue weighted by Gasteiger charge is -2.27. The third kappa shape index (κ3) is 2.31. The lowest BCUT2D eigenvalue weighted by atomic mass is 9.74. The van der Waals surface area contributed by atoms with Crippen molar-refractivity contribution in [3.8, 4) is 11.1 Å². The molecule has 0 radical (unpaired) electrons. The van der Waals surface area contributed by atoms with E-state index >= 15 is 0 Å². The molecule has 2 bridgehead atoms. The minimum atomic E-state index is -0.664. The van der Waals surface area contributed by atoms with E-state index in [1.165, 1.54) is 6.07 Å². The molecule has 122 valence electrons. The highest BCUT2D eigenvalue weighted by Gasteiger charge is 2.47. The van der Waals surface area contributed by atoms with E-state index in [4.69, 9.17) is 0 Å². The van der Waals surface area contributed by atoms with Gasteiger partial charge in [-0.15, -0.1) is 0 Å². The maximum absolute atomic E-state index is 14.1. The predicted octanol–water partition coefficient (Wildman–Crippen LogP) is 4.45. The summed E-state index contributed by atoms with van der Waals surface area (Å²) < 4.78 is 14.1. The minimum Gasteiger partial charge on any atom is -0.298 e. The molecule has 4 rings (SSSR count). The Morgan fingerprint density at radius 2 is 1.62 bits per heavy atom. The van der Waals surface area contributed by atoms with Gasteiger partial charge in [-0.2, -0.15) is 0 Å². The summed E-state index contributed by atoms with van der Waals surface area (Å²) in [6.45, 7) is 1.91. The molecule has 0 spiro atoms. The van der Waals surface area contributed by atoms with E-state index in [2.05, 4.69) is 0 Å². The molecule has 0 amide bonds. The Labute approximate surface area is 140 Å². The first-order valence-corrected chi connectivity index (χ1v) is 8.49. The zero-order valence-corrected chi connectivity index (χ0v) is 13.6. The summed E-state index contributed by atoms with van der Waals surface area (Å²) in [6.07, 6.45) is 2.38. The van der Waals surface area contributed by atoms with Crippen molar-refractivity contribution < 1.29 is 14.0 Å². The van der Waals surface area contributed by atoms with E-state index in [1.54, 1.807) is 18.2 Å². The van der Waals surface area contributed by atoms with Crippen molar-refractivity contribution in [2.24, 2.45) is 11.8 Å². The van der Waals surface area contributed by atoms with Gasteiger partial charge in [0.1, 0.15) is 11.7 Å². The summed E-state index contributed by atoms with van der Waals surface area (Å²) in [6, 6.07) is 12.1. The molecule has 0 aromatic heterocycles. The third-order valence-corrected chi connectivity index (χ3v) is 5.58. The average molecular weight is 322 g/mol. The fraction of sp³-hybridized carbons (Fsp3) is 0.333. The summed E-state index contributed by atoms with van der Waals surface area (Å²) >= 11 is 0. The largest absolute Gasteiger partial charge is 0.298 e. The van der Waals surface area contributed by atoms with Gasteiger partial charge in [0.2, 0.25) is 0 Å². The van der Waals surface area contributed by atoms with Gasteiger partial charge in [0, 0.05) is 17.4 Å². The monoisotopic (exact) mass is 322 g/mol. The number of aryl methyl sites for hydroxylation is 1. The molecule has 2 nitrogen and oxygen atoms in total. The number of fused-ring (bicyclic) bond motifs is 2. The first-order chi connectivity index (χ1) is 11.6. The molecule has 0 heterocycles. The van der Waals surface area contributed by atoms with Gasteiger partial charge in [-0.25, -0.2) is 4.39 Å². The van der Waals surface area contributed by atoms with Gasteiger partial charge >= 0.3 is 0 Å². The predicted molar refractivity (Wildman–Crippen MR) is 90.2 cm³/mol. The van der Waals surface area contributed by atoms with Crippen LogP contribution in [0, 0.1) is 24.6 Å². The maximum atomic E-state index is 14.1. The summed E-state index contributed by atoms with van der Waals surface area (Å²) in [4.78, 5) is 25.5. The average Bonchev–Trinajstić information content (AvgIpc) is 3.03. The molecular formula is C21H19FO2. The standard InChI is InChI=1S/C21H19FO2/c1-12-6-7-13(16-4-2-3-5-18(16)22)11-17(12)19-20(23)14-8-9-15(10-14)21(19)24/h2-7,11,14-15,19H,8-10H2,1H3/t14-,15+,19?. The molecule has 0 aliphatic heterocycles. The van der Waals surface area contributed by atoms with E-state index in [-0.39, 0.29) is 29.2 Å². The SMILES string of the molecule is Cc1ccc(-c2ccccc2F)cc1C1C(=O)[C@@H]2CC[C@@H](C2)C1=O. The van der Waals surface area contributed by atoms with Crippen molar-refractivity contribution in [1.82, 2.24) is 0 Å². The van der Waals surface area contributed by atoms with Crippen molar-refractivity contribution in [3.63, 3.8) is 0 Å². The molecule has 2 aromatic rings. The highest BCUT2D eigenvalue weighted by atomic mass is 19.1. The summed E-state index contributed by atoms with van der Waals surface area (Å²) in [5.74, 6) is -0.801. The summed E-state index contributed by atoms with van der Waals surface area (Å²) in [7, 11) is 0. The maximum Gasteiger partial charge on any atom is 0.150 e. The van der Waals surface area contributed by atoms with Crippen LogP contribution in [0.2, 0.25) is 0 Å². The van der Waals surface area contributed by atoms with Crippen LogP contribution in [0.4, 0.5) is 4.39 Å². The Bertz CT molecular complexity index is 817. The molecule has 2 aliphatic rings. The van der Waals surface area contributed by atoms with Crippen LogP contribution in [0.1, 0.15) is 36.3 Å². The number of hydrogen-bond donors (Lipinski definition) is 0. The number of halogens is 1. The van der Waals surface area contributed by atoms with Crippen LogP contribution < -0.4 is 0 Å². The molecule has 24 heavy (non-hydrogen) atoms. The third-order valence-electron chi connectivity index (χ3n) is 5.58. The molecule has 3 atom stereocenters. The molecule has 2 fully saturated rings. The van der Waals surface area contributed by atoms with Crippen molar-refractivity contribution in [3.05, 3.63) is 59.4 Å². The van der Waals surface area contributed by atoms with E-state index in [1.807, 2.05) is 25.1 Å². The lowest BCUT2D eigenvalue weighted by molar-refractivity contribution is -0.135. The second kappa shape index (κ2) is 5.66. The molecule has 2 saturated carbocycles. The van der Waals surface area contributed by atoms with Gasteiger partial charge in [-0.3, -0.25) is 9.59 Å². The van der Waals surface area contributed by atoms with Gasteiger partial charge < -0.3 is 0 Å². The Kier molecular flexibility index (Phi) is 3.60. The van der Waals surface area contributed by atoms with Crippen molar-refractivity contribution in [2.75, 3.05) is 0 Å². The zero-order chi connectivity index (χ0) is 16.8. The smallest absolute Gasteiger partial charge is 0.150 e. The van der Waals surface area contributed by atoms with Gasteiger partial charge in [-0.05, 0) is 55.0 Å². The van der Waals surface area contributed by atoms with Crippen LogP contribution in [0.5, 0.6) is 0 Å². The van der Waals surface area contributed by atoms with Gasteiger partial charge in [0.15, 0.2) is 11.6 Å². The highest BCUT2D eigenvalue weighted by Crippen LogP contribution is 2.45. The highest BCUT2D eigenvalue weighted by molar-refractivity contribution is 6.12. The van der Waals surface area contributed by atoms with Gasteiger partial charge in [0.05, 0.1) is 0 Å². The number of carbonyl (C=O) groups excluding carboxylic acids is 2. The molecule has 0 N–H and O–H groups in total. The van der Waals surface area contributed by atoms with Crippen LogP contribution in [-0.2, 0) is 9.59 Å². The Morgan fingerprint density at radius 3 is 2.29 bits per heavy atom. The fourth-order valence-electron chi connectivity index (χ4n) is 4.23. The second-order valence-electron chi connectivity index (χ2n) is 7.00. The van der Waals surface area contributed by atoms with E-state index in [9.17, 15) is 14.0 Å². The van der Waals surface area contributed by atoms with Crippen LogP contribution >= 0.6 is 0 Å². The summed E-state index contributed by atoms with van der Waals surface area (Å²) in [5, 5.41) is 0. The van der Waals surface area contributed by atoms with E-state index < -0.39 is 5.92 Å². The van der Waals surface area contributed by atoms with Crippen LogP contribution in [-0.4, -0.2) is 11.6 Å². The Hall–Kier alpha value is -2.29. The minimum absolute atomic E-state index is 0.0224. The van der Waals surface area contributed by atoms with Crippen LogP contribution in [0.3, 0.4) is 0 Å². The lowest BCUT2D eigenvalue weighted by Crippen LogP contribution is -2.35. The second-order valence-corrected chi connectivity index (χ2v) is 7.00. The number of carbonyl (C=O) groups is 2. The fourth-order valence-corrected chi connectivity index (χ4v) is 4.23. The molecule has 3 heteroatoms. The first-order valence-electron chi connectivity index (χ1n) is 8.49. The summed E-state index contributed by atoms with van der Waals surface area (Å²) in [5.41, 5.74) is 2.88. The van der Waals surface area contributed by atoms with Gasteiger partial charge in [0.25, 0.3) is 0 Å². The number of hydrogen-bond acceptors (Lipinski definition) is 2. The molecule has 2 aromatic carbocycles. The van der Waals surface area contributed by atoms with Crippen LogP contribution in [0.15, 0.2) is 42.5 Å². The first kappa shape index (κ1) is 15.3.